The molecule has 1 aromatic carbocycles. The molecule has 18 heavy (non-hydrogen) atoms. The first-order valence-electron chi connectivity index (χ1n) is 6.27. The van der Waals surface area contributed by atoms with Gasteiger partial charge in [-0.05, 0) is 17.7 Å². The summed E-state index contributed by atoms with van der Waals surface area (Å²) in [7, 11) is 4.23. The van der Waals surface area contributed by atoms with Gasteiger partial charge in [0.2, 0.25) is 5.91 Å². The molecule has 0 saturated heterocycles. The lowest BCUT2D eigenvalue weighted by molar-refractivity contribution is -0.861. The van der Waals surface area contributed by atoms with Gasteiger partial charge in [-0.2, -0.15) is 0 Å². The zero-order valence-corrected chi connectivity index (χ0v) is 12.1. The lowest BCUT2D eigenvalue weighted by Gasteiger charge is -2.15. The second-order valence-corrected chi connectivity index (χ2v) is 5.56. The van der Waals surface area contributed by atoms with E-state index in [2.05, 4.69) is 26.3 Å². The standard InChI is InChI=1S/C14H21ClN2O/c1-11(10-17(2)3)9-16-14(18)8-12-4-6-13(15)7-5-12/h4-7,11H,8-10H2,1-3H3,(H,16,18)/p+1/t11-/m1/s1. The van der Waals surface area contributed by atoms with Crippen LogP contribution in [0.25, 0.3) is 0 Å². The van der Waals surface area contributed by atoms with Crippen LogP contribution in [-0.4, -0.2) is 33.1 Å². The molecule has 0 heterocycles. The normalized spacial score (nSPS) is 12.5. The van der Waals surface area contributed by atoms with Gasteiger partial charge in [0.1, 0.15) is 0 Å². The Balaban J connectivity index is 2.31. The van der Waals surface area contributed by atoms with Crippen molar-refractivity contribution in [2.45, 2.75) is 13.3 Å². The van der Waals surface area contributed by atoms with E-state index in [1.807, 2.05) is 24.3 Å². The zero-order chi connectivity index (χ0) is 13.5. The smallest absolute Gasteiger partial charge is 0.224 e. The summed E-state index contributed by atoms with van der Waals surface area (Å²) in [6.45, 7) is 3.94. The summed E-state index contributed by atoms with van der Waals surface area (Å²) in [5.74, 6) is 0.557. The first-order valence-corrected chi connectivity index (χ1v) is 6.65. The van der Waals surface area contributed by atoms with Crippen LogP contribution in [0.3, 0.4) is 0 Å². The highest BCUT2D eigenvalue weighted by Gasteiger charge is 2.09. The van der Waals surface area contributed by atoms with Gasteiger partial charge in [-0.25, -0.2) is 0 Å². The fraction of sp³-hybridized carbons (Fsp3) is 0.500. The van der Waals surface area contributed by atoms with Gasteiger partial charge in [0.05, 0.1) is 27.1 Å². The summed E-state index contributed by atoms with van der Waals surface area (Å²) in [6.07, 6.45) is 0.415. The highest BCUT2D eigenvalue weighted by Crippen LogP contribution is 2.09. The molecule has 0 spiro atoms. The van der Waals surface area contributed by atoms with Crippen molar-refractivity contribution in [2.75, 3.05) is 27.2 Å². The molecule has 0 aliphatic heterocycles. The van der Waals surface area contributed by atoms with Crippen molar-refractivity contribution in [3.05, 3.63) is 34.9 Å². The zero-order valence-electron chi connectivity index (χ0n) is 11.3. The molecule has 1 atom stereocenters. The number of hydrogen-bond donors (Lipinski definition) is 2. The van der Waals surface area contributed by atoms with Crippen molar-refractivity contribution >= 4 is 17.5 Å². The molecule has 2 N–H and O–H groups in total. The monoisotopic (exact) mass is 269 g/mol. The Morgan fingerprint density at radius 2 is 1.94 bits per heavy atom. The van der Waals surface area contributed by atoms with Gasteiger partial charge in [-0.1, -0.05) is 30.7 Å². The van der Waals surface area contributed by atoms with E-state index in [0.29, 0.717) is 17.4 Å². The largest absolute Gasteiger partial charge is 0.355 e. The molecule has 0 bridgehead atoms. The molecular weight excluding hydrogens is 248 g/mol. The average molecular weight is 270 g/mol. The molecule has 1 amide bonds. The third kappa shape index (κ3) is 6.03. The van der Waals surface area contributed by atoms with Crippen LogP contribution in [0.2, 0.25) is 5.02 Å². The van der Waals surface area contributed by atoms with E-state index in [-0.39, 0.29) is 5.91 Å². The van der Waals surface area contributed by atoms with Gasteiger partial charge in [-0.3, -0.25) is 4.79 Å². The van der Waals surface area contributed by atoms with E-state index in [1.165, 1.54) is 4.90 Å². The van der Waals surface area contributed by atoms with E-state index in [4.69, 9.17) is 11.6 Å². The molecule has 0 unspecified atom stereocenters. The van der Waals surface area contributed by atoms with Crippen LogP contribution < -0.4 is 10.2 Å². The maximum atomic E-state index is 11.7. The first kappa shape index (κ1) is 15.0. The number of rotatable bonds is 6. The van der Waals surface area contributed by atoms with E-state index in [9.17, 15) is 4.79 Å². The number of nitrogens with one attached hydrogen (secondary N) is 2. The maximum Gasteiger partial charge on any atom is 0.224 e. The SMILES string of the molecule is C[C@H](CNC(=O)Cc1ccc(Cl)cc1)C[NH+](C)C. The van der Waals surface area contributed by atoms with E-state index in [1.54, 1.807) is 0 Å². The molecule has 0 radical (unpaired) electrons. The summed E-state index contributed by atoms with van der Waals surface area (Å²) in [5.41, 5.74) is 0.989. The van der Waals surface area contributed by atoms with Gasteiger partial charge in [-0.15, -0.1) is 0 Å². The number of amides is 1. The predicted molar refractivity (Wildman–Crippen MR) is 75.0 cm³/mol. The average Bonchev–Trinajstić information content (AvgIpc) is 2.29. The van der Waals surface area contributed by atoms with Crippen molar-refractivity contribution in [3.63, 3.8) is 0 Å². The van der Waals surface area contributed by atoms with Crippen LogP contribution in [0.1, 0.15) is 12.5 Å². The van der Waals surface area contributed by atoms with Gasteiger partial charge in [0, 0.05) is 17.5 Å². The summed E-state index contributed by atoms with van der Waals surface area (Å²) in [6, 6.07) is 7.38. The minimum atomic E-state index is 0.0675. The number of quaternary nitrogens is 1. The number of hydrogen-bond acceptors (Lipinski definition) is 1. The van der Waals surface area contributed by atoms with Crippen LogP contribution in [0, 0.1) is 5.92 Å². The minimum Gasteiger partial charge on any atom is -0.355 e. The molecule has 100 valence electrons. The summed E-state index contributed by atoms with van der Waals surface area (Å²) >= 11 is 5.80. The number of carbonyl (C=O) groups excluding carboxylic acids is 1. The quantitative estimate of drug-likeness (QED) is 0.786. The molecule has 0 fully saturated rings. The number of halogens is 1. The minimum absolute atomic E-state index is 0.0675. The van der Waals surface area contributed by atoms with Gasteiger partial charge < -0.3 is 10.2 Å². The molecule has 0 aromatic heterocycles. The molecule has 0 aliphatic carbocycles. The highest BCUT2D eigenvalue weighted by molar-refractivity contribution is 6.30. The molecule has 1 rings (SSSR count). The Morgan fingerprint density at radius 1 is 1.33 bits per heavy atom. The fourth-order valence-corrected chi connectivity index (χ4v) is 2.03. The maximum absolute atomic E-state index is 11.7. The summed E-state index contributed by atoms with van der Waals surface area (Å²) in [5, 5.41) is 3.66. The topological polar surface area (TPSA) is 33.5 Å². The Morgan fingerprint density at radius 3 is 2.50 bits per heavy atom. The Bertz CT molecular complexity index is 376. The van der Waals surface area contributed by atoms with Crippen LogP contribution in [0.4, 0.5) is 0 Å². The van der Waals surface area contributed by atoms with Gasteiger partial charge in [0.25, 0.3) is 0 Å². The third-order valence-electron chi connectivity index (χ3n) is 2.68. The molecular formula is C14H22ClN2O+. The van der Waals surface area contributed by atoms with Crippen molar-refractivity contribution in [1.82, 2.24) is 5.32 Å². The van der Waals surface area contributed by atoms with Crippen molar-refractivity contribution in [3.8, 4) is 0 Å². The van der Waals surface area contributed by atoms with Crippen LogP contribution in [0.15, 0.2) is 24.3 Å². The summed E-state index contributed by atoms with van der Waals surface area (Å²) in [4.78, 5) is 13.1. The summed E-state index contributed by atoms with van der Waals surface area (Å²) < 4.78 is 0. The highest BCUT2D eigenvalue weighted by atomic mass is 35.5. The van der Waals surface area contributed by atoms with Gasteiger partial charge >= 0.3 is 0 Å². The van der Waals surface area contributed by atoms with Crippen molar-refractivity contribution < 1.29 is 9.69 Å². The Hall–Kier alpha value is -1.06. The lowest BCUT2D eigenvalue weighted by atomic mass is 10.1. The van der Waals surface area contributed by atoms with E-state index < -0.39 is 0 Å². The van der Waals surface area contributed by atoms with Crippen molar-refractivity contribution in [1.29, 1.82) is 0 Å². The predicted octanol–water partition coefficient (Wildman–Crippen LogP) is 0.779. The molecule has 0 aliphatic rings. The second kappa shape index (κ2) is 7.39. The molecule has 0 saturated carbocycles. The number of benzene rings is 1. The lowest BCUT2D eigenvalue weighted by Crippen LogP contribution is -3.06. The fourth-order valence-electron chi connectivity index (χ4n) is 1.91. The van der Waals surface area contributed by atoms with Crippen molar-refractivity contribution in [2.24, 2.45) is 5.92 Å². The Labute approximate surface area is 114 Å². The second-order valence-electron chi connectivity index (χ2n) is 5.12. The van der Waals surface area contributed by atoms with Crippen LogP contribution >= 0.6 is 11.6 Å². The molecule has 4 heteroatoms. The van der Waals surface area contributed by atoms with E-state index >= 15 is 0 Å². The molecule has 1 aromatic rings. The molecule has 3 nitrogen and oxygen atoms in total. The first-order chi connectivity index (χ1) is 8.47. The van der Waals surface area contributed by atoms with E-state index in [0.717, 1.165) is 18.7 Å². The number of carbonyl (C=O) groups is 1. The van der Waals surface area contributed by atoms with Crippen LogP contribution in [-0.2, 0) is 11.2 Å². The van der Waals surface area contributed by atoms with Gasteiger partial charge in [0.15, 0.2) is 0 Å². The third-order valence-corrected chi connectivity index (χ3v) is 2.93. The van der Waals surface area contributed by atoms with Crippen LogP contribution in [0.5, 0.6) is 0 Å². The Kier molecular flexibility index (Phi) is 6.16.